The average molecular weight is 286 g/mol. The van der Waals surface area contributed by atoms with Crippen LogP contribution >= 0.6 is 23.1 Å². The lowest BCUT2D eigenvalue weighted by atomic mass is 10.2. The zero-order valence-electron chi connectivity index (χ0n) is 8.62. The molecule has 1 aromatic heterocycles. The number of aromatic amines is 1. The van der Waals surface area contributed by atoms with Gasteiger partial charge in [0.1, 0.15) is 11.1 Å². The van der Waals surface area contributed by atoms with Crippen LogP contribution in [0.1, 0.15) is 5.56 Å². The summed E-state index contributed by atoms with van der Waals surface area (Å²) in [5.41, 5.74) is -0.387. The van der Waals surface area contributed by atoms with Gasteiger partial charge in [-0.25, -0.2) is 4.39 Å². The van der Waals surface area contributed by atoms with Crippen LogP contribution in [0, 0.1) is 17.1 Å². The SMILES string of the molecule is N#Cc1c(Nc2cc(F)c(O)c(Cl)c2)s[nH]c1=O. The van der Waals surface area contributed by atoms with Crippen LogP contribution in [0.25, 0.3) is 0 Å². The van der Waals surface area contributed by atoms with Crippen molar-refractivity contribution in [3.8, 4) is 11.8 Å². The van der Waals surface area contributed by atoms with Crippen molar-refractivity contribution in [2.75, 3.05) is 5.32 Å². The van der Waals surface area contributed by atoms with Crippen LogP contribution in [0.3, 0.4) is 0 Å². The van der Waals surface area contributed by atoms with Gasteiger partial charge in [0, 0.05) is 11.8 Å². The highest BCUT2D eigenvalue weighted by atomic mass is 35.5. The molecule has 0 atom stereocenters. The Labute approximate surface area is 109 Å². The number of aromatic hydroxyl groups is 1. The molecule has 0 saturated heterocycles. The van der Waals surface area contributed by atoms with Crippen LogP contribution in [0.2, 0.25) is 5.02 Å². The first-order valence-electron chi connectivity index (χ1n) is 4.59. The number of nitrogens with zero attached hydrogens (tertiary/aromatic N) is 1. The number of phenols is 1. The van der Waals surface area contributed by atoms with E-state index in [1.807, 2.05) is 0 Å². The van der Waals surface area contributed by atoms with Crippen molar-refractivity contribution in [1.82, 2.24) is 4.37 Å². The number of rotatable bonds is 2. The fourth-order valence-corrected chi connectivity index (χ4v) is 2.17. The summed E-state index contributed by atoms with van der Waals surface area (Å²) in [5, 5.41) is 20.7. The fourth-order valence-electron chi connectivity index (χ4n) is 1.26. The van der Waals surface area contributed by atoms with Crippen molar-refractivity contribution in [2.24, 2.45) is 0 Å². The zero-order chi connectivity index (χ0) is 13.3. The Hall–Kier alpha value is -2.04. The zero-order valence-corrected chi connectivity index (χ0v) is 10.2. The monoisotopic (exact) mass is 285 g/mol. The summed E-state index contributed by atoms with van der Waals surface area (Å²) in [5.74, 6) is -1.55. The molecular weight excluding hydrogens is 281 g/mol. The number of anilines is 2. The average Bonchev–Trinajstić information content (AvgIpc) is 2.66. The summed E-state index contributed by atoms with van der Waals surface area (Å²) in [4.78, 5) is 11.2. The standard InChI is InChI=1S/C10H5ClFN3O2S/c11-6-1-4(2-7(12)8(6)16)14-10-5(3-13)9(17)15-18-10/h1-2,14,16H,(H,15,17). The van der Waals surface area contributed by atoms with E-state index in [4.69, 9.17) is 22.0 Å². The summed E-state index contributed by atoms with van der Waals surface area (Å²) in [6.45, 7) is 0. The maximum absolute atomic E-state index is 13.2. The van der Waals surface area contributed by atoms with Gasteiger partial charge in [-0.05, 0) is 17.6 Å². The predicted molar refractivity (Wildman–Crippen MR) is 66.0 cm³/mol. The van der Waals surface area contributed by atoms with Gasteiger partial charge in [-0.2, -0.15) is 5.26 Å². The molecule has 0 spiro atoms. The van der Waals surface area contributed by atoms with Crippen LogP contribution in [-0.2, 0) is 0 Å². The van der Waals surface area contributed by atoms with E-state index in [1.165, 1.54) is 6.07 Å². The molecule has 92 valence electrons. The van der Waals surface area contributed by atoms with Gasteiger partial charge in [-0.15, -0.1) is 0 Å². The molecule has 2 rings (SSSR count). The first kappa shape index (κ1) is 12.4. The van der Waals surface area contributed by atoms with Crippen molar-refractivity contribution in [3.05, 3.63) is 38.9 Å². The smallest absolute Gasteiger partial charge is 0.278 e. The van der Waals surface area contributed by atoms with Gasteiger partial charge in [0.05, 0.1) is 5.02 Å². The number of H-pyrrole nitrogens is 1. The molecule has 0 radical (unpaired) electrons. The van der Waals surface area contributed by atoms with Gasteiger partial charge in [0.25, 0.3) is 5.56 Å². The van der Waals surface area contributed by atoms with E-state index < -0.39 is 17.1 Å². The van der Waals surface area contributed by atoms with Gasteiger partial charge >= 0.3 is 0 Å². The molecule has 1 aromatic carbocycles. The first-order chi connectivity index (χ1) is 8.52. The van der Waals surface area contributed by atoms with Gasteiger partial charge in [-0.1, -0.05) is 11.6 Å². The lowest BCUT2D eigenvalue weighted by molar-refractivity contribution is 0.433. The number of halogens is 2. The molecule has 0 aliphatic heterocycles. The number of hydrogen-bond donors (Lipinski definition) is 3. The fraction of sp³-hybridized carbons (Fsp3) is 0. The summed E-state index contributed by atoms with van der Waals surface area (Å²) in [6.07, 6.45) is 0. The van der Waals surface area contributed by atoms with Crippen LogP contribution in [0.15, 0.2) is 16.9 Å². The number of benzene rings is 1. The molecule has 8 heteroatoms. The molecule has 0 fully saturated rings. The van der Waals surface area contributed by atoms with Crippen LogP contribution in [0.5, 0.6) is 5.75 Å². The Morgan fingerprint density at radius 1 is 1.56 bits per heavy atom. The largest absolute Gasteiger partial charge is 0.504 e. The summed E-state index contributed by atoms with van der Waals surface area (Å²) >= 11 is 6.52. The quantitative estimate of drug-likeness (QED) is 0.740. The van der Waals surface area contributed by atoms with Gasteiger partial charge in [0.15, 0.2) is 17.1 Å². The highest BCUT2D eigenvalue weighted by Crippen LogP contribution is 2.32. The van der Waals surface area contributed by atoms with Crippen LogP contribution < -0.4 is 10.9 Å². The second kappa shape index (κ2) is 4.68. The van der Waals surface area contributed by atoms with Crippen molar-refractivity contribution in [3.63, 3.8) is 0 Å². The van der Waals surface area contributed by atoms with E-state index in [9.17, 15) is 9.18 Å². The Morgan fingerprint density at radius 3 is 2.89 bits per heavy atom. The Balaban J connectivity index is 2.41. The van der Waals surface area contributed by atoms with Crippen LogP contribution in [-0.4, -0.2) is 9.48 Å². The summed E-state index contributed by atoms with van der Waals surface area (Å²) in [7, 11) is 0. The first-order valence-corrected chi connectivity index (χ1v) is 5.79. The highest BCUT2D eigenvalue weighted by molar-refractivity contribution is 7.10. The lowest BCUT2D eigenvalue weighted by Gasteiger charge is -2.06. The lowest BCUT2D eigenvalue weighted by Crippen LogP contribution is -2.02. The number of phenolic OH excluding ortho intramolecular Hbond substituents is 1. The number of hydrogen-bond acceptors (Lipinski definition) is 5. The van der Waals surface area contributed by atoms with Gasteiger partial charge < -0.3 is 10.4 Å². The minimum Gasteiger partial charge on any atom is -0.504 e. The third-order valence-corrected chi connectivity index (χ3v) is 3.17. The number of nitrogens with one attached hydrogen (secondary N) is 2. The molecule has 0 aliphatic carbocycles. The molecule has 5 nitrogen and oxygen atoms in total. The minimum absolute atomic E-state index is 0.0930. The molecule has 18 heavy (non-hydrogen) atoms. The molecule has 0 aliphatic rings. The maximum atomic E-state index is 13.2. The van der Waals surface area contributed by atoms with Crippen molar-refractivity contribution >= 4 is 33.8 Å². The van der Waals surface area contributed by atoms with Gasteiger partial charge in [-0.3, -0.25) is 9.17 Å². The Morgan fingerprint density at radius 2 is 2.28 bits per heavy atom. The molecule has 2 aromatic rings. The third-order valence-electron chi connectivity index (χ3n) is 2.09. The molecule has 0 bridgehead atoms. The summed E-state index contributed by atoms with van der Waals surface area (Å²) < 4.78 is 15.6. The maximum Gasteiger partial charge on any atom is 0.278 e. The van der Waals surface area contributed by atoms with E-state index in [1.54, 1.807) is 6.07 Å². The molecular formula is C10H5ClFN3O2S. The molecule has 0 saturated carbocycles. The van der Waals surface area contributed by atoms with E-state index in [0.717, 1.165) is 17.6 Å². The topological polar surface area (TPSA) is 88.9 Å². The van der Waals surface area contributed by atoms with Crippen molar-refractivity contribution in [2.45, 2.75) is 0 Å². The molecule has 0 amide bonds. The van der Waals surface area contributed by atoms with Gasteiger partial charge in [0.2, 0.25) is 0 Å². The molecule has 3 N–H and O–H groups in total. The summed E-state index contributed by atoms with van der Waals surface area (Å²) in [6, 6.07) is 4.02. The second-order valence-corrected chi connectivity index (χ2v) is 4.49. The number of aromatic nitrogens is 1. The highest BCUT2D eigenvalue weighted by Gasteiger charge is 2.12. The Bertz CT molecular complexity index is 681. The molecule has 1 heterocycles. The Kier molecular flexibility index (Phi) is 3.23. The van der Waals surface area contributed by atoms with E-state index in [-0.39, 0.29) is 21.3 Å². The second-order valence-electron chi connectivity index (χ2n) is 3.26. The van der Waals surface area contributed by atoms with E-state index >= 15 is 0 Å². The third kappa shape index (κ3) is 2.16. The van der Waals surface area contributed by atoms with E-state index in [0.29, 0.717) is 0 Å². The van der Waals surface area contributed by atoms with E-state index in [2.05, 4.69) is 9.69 Å². The van der Waals surface area contributed by atoms with Crippen LogP contribution in [0.4, 0.5) is 15.1 Å². The number of nitriles is 1. The van der Waals surface area contributed by atoms with Crippen molar-refractivity contribution < 1.29 is 9.50 Å². The molecule has 0 unspecified atom stereocenters. The van der Waals surface area contributed by atoms with Crippen molar-refractivity contribution in [1.29, 1.82) is 5.26 Å². The predicted octanol–water partition coefficient (Wildman–Crippen LogP) is 2.55. The normalized spacial score (nSPS) is 10.1. The minimum atomic E-state index is -0.897.